The van der Waals surface area contributed by atoms with E-state index in [-0.39, 0.29) is 11.9 Å². The SMILES string of the molecule is N[C@@H]1CCCC[C@@H]1CC(=O)N1CCc2cncnc2C1. The monoisotopic (exact) mass is 274 g/mol. The summed E-state index contributed by atoms with van der Waals surface area (Å²) < 4.78 is 0. The first-order chi connectivity index (χ1) is 9.74. The van der Waals surface area contributed by atoms with E-state index in [1.54, 1.807) is 6.33 Å². The minimum atomic E-state index is 0.201. The number of nitrogens with zero attached hydrogens (tertiary/aromatic N) is 3. The molecule has 0 aromatic carbocycles. The second kappa shape index (κ2) is 5.87. The van der Waals surface area contributed by atoms with Crippen molar-refractivity contribution in [1.29, 1.82) is 0 Å². The summed E-state index contributed by atoms with van der Waals surface area (Å²) in [5.41, 5.74) is 8.31. The molecule has 2 atom stereocenters. The van der Waals surface area contributed by atoms with Crippen molar-refractivity contribution in [1.82, 2.24) is 14.9 Å². The molecule has 1 aliphatic heterocycles. The molecule has 0 bridgehead atoms. The fourth-order valence-corrected chi connectivity index (χ4v) is 3.31. The van der Waals surface area contributed by atoms with Crippen LogP contribution in [0.1, 0.15) is 43.4 Å². The van der Waals surface area contributed by atoms with Gasteiger partial charge in [0.05, 0.1) is 12.2 Å². The van der Waals surface area contributed by atoms with Gasteiger partial charge in [0, 0.05) is 25.2 Å². The minimum Gasteiger partial charge on any atom is -0.336 e. The third-order valence-corrected chi connectivity index (χ3v) is 4.63. The number of carbonyl (C=O) groups excluding carboxylic acids is 1. The maximum atomic E-state index is 12.4. The highest BCUT2D eigenvalue weighted by Gasteiger charge is 2.28. The molecule has 3 rings (SSSR count). The number of hydrogen-bond donors (Lipinski definition) is 1. The molecule has 20 heavy (non-hydrogen) atoms. The number of fused-ring (bicyclic) bond motifs is 1. The Kier molecular flexibility index (Phi) is 3.96. The van der Waals surface area contributed by atoms with Crippen LogP contribution in [-0.2, 0) is 17.8 Å². The van der Waals surface area contributed by atoms with Crippen LogP contribution in [0.3, 0.4) is 0 Å². The first-order valence-electron chi connectivity index (χ1n) is 7.55. The number of hydrogen-bond acceptors (Lipinski definition) is 4. The Bertz CT molecular complexity index is 491. The van der Waals surface area contributed by atoms with Crippen LogP contribution in [0.4, 0.5) is 0 Å². The molecule has 1 aromatic rings. The minimum absolute atomic E-state index is 0.201. The van der Waals surface area contributed by atoms with Gasteiger partial charge in [-0.2, -0.15) is 0 Å². The van der Waals surface area contributed by atoms with E-state index in [1.165, 1.54) is 18.4 Å². The Morgan fingerprint density at radius 3 is 3.10 bits per heavy atom. The van der Waals surface area contributed by atoms with Gasteiger partial charge in [-0.15, -0.1) is 0 Å². The van der Waals surface area contributed by atoms with E-state index >= 15 is 0 Å². The Labute approximate surface area is 119 Å². The van der Waals surface area contributed by atoms with Crippen molar-refractivity contribution in [2.45, 2.75) is 51.1 Å². The average Bonchev–Trinajstić information content (AvgIpc) is 2.49. The van der Waals surface area contributed by atoms with Crippen LogP contribution < -0.4 is 5.73 Å². The van der Waals surface area contributed by atoms with Crippen molar-refractivity contribution in [3.63, 3.8) is 0 Å². The predicted molar refractivity (Wildman–Crippen MR) is 75.7 cm³/mol. The number of aromatic nitrogens is 2. The van der Waals surface area contributed by atoms with Gasteiger partial charge in [-0.05, 0) is 30.7 Å². The predicted octanol–water partition coefficient (Wildman–Crippen LogP) is 1.27. The lowest BCUT2D eigenvalue weighted by Crippen LogP contribution is -2.41. The van der Waals surface area contributed by atoms with Gasteiger partial charge in [-0.3, -0.25) is 4.79 Å². The summed E-state index contributed by atoms with van der Waals surface area (Å²) in [6.07, 6.45) is 9.46. The standard InChI is InChI=1S/C15H22N4O/c16-13-4-2-1-3-11(13)7-15(20)19-6-5-12-8-17-10-18-14(12)9-19/h8,10-11,13H,1-7,9,16H2/t11-,13-/m1/s1. The van der Waals surface area contributed by atoms with Gasteiger partial charge in [0.1, 0.15) is 6.33 Å². The number of carbonyl (C=O) groups is 1. The zero-order valence-corrected chi connectivity index (χ0v) is 11.8. The van der Waals surface area contributed by atoms with Crippen molar-refractivity contribution in [2.24, 2.45) is 11.7 Å². The van der Waals surface area contributed by atoms with Crippen molar-refractivity contribution in [2.75, 3.05) is 6.54 Å². The highest BCUT2D eigenvalue weighted by Crippen LogP contribution is 2.27. The van der Waals surface area contributed by atoms with Gasteiger partial charge in [0.25, 0.3) is 0 Å². The van der Waals surface area contributed by atoms with E-state index in [2.05, 4.69) is 9.97 Å². The van der Waals surface area contributed by atoms with Crippen LogP contribution in [0.5, 0.6) is 0 Å². The quantitative estimate of drug-likeness (QED) is 0.881. The average molecular weight is 274 g/mol. The largest absolute Gasteiger partial charge is 0.336 e. The molecule has 2 N–H and O–H groups in total. The van der Waals surface area contributed by atoms with Gasteiger partial charge in [-0.1, -0.05) is 12.8 Å². The van der Waals surface area contributed by atoms with Crippen LogP contribution >= 0.6 is 0 Å². The highest BCUT2D eigenvalue weighted by molar-refractivity contribution is 5.76. The molecule has 2 aliphatic rings. The van der Waals surface area contributed by atoms with Gasteiger partial charge in [-0.25, -0.2) is 9.97 Å². The third kappa shape index (κ3) is 2.82. The van der Waals surface area contributed by atoms with Crippen LogP contribution in [0.2, 0.25) is 0 Å². The van der Waals surface area contributed by atoms with Crippen molar-refractivity contribution < 1.29 is 4.79 Å². The zero-order chi connectivity index (χ0) is 13.9. The Morgan fingerprint density at radius 1 is 1.40 bits per heavy atom. The van der Waals surface area contributed by atoms with E-state index in [4.69, 9.17) is 5.73 Å². The molecular formula is C15H22N4O. The van der Waals surface area contributed by atoms with Gasteiger partial charge >= 0.3 is 0 Å². The van der Waals surface area contributed by atoms with Gasteiger partial charge < -0.3 is 10.6 Å². The van der Waals surface area contributed by atoms with Gasteiger partial charge in [0.15, 0.2) is 0 Å². The molecular weight excluding hydrogens is 252 g/mol. The summed E-state index contributed by atoms with van der Waals surface area (Å²) in [6.45, 7) is 1.40. The zero-order valence-electron chi connectivity index (χ0n) is 11.8. The smallest absolute Gasteiger partial charge is 0.223 e. The molecule has 0 radical (unpaired) electrons. The van der Waals surface area contributed by atoms with E-state index in [1.807, 2.05) is 11.1 Å². The molecule has 0 unspecified atom stereocenters. The summed E-state index contributed by atoms with van der Waals surface area (Å²) in [7, 11) is 0. The first-order valence-corrected chi connectivity index (χ1v) is 7.55. The molecule has 5 nitrogen and oxygen atoms in total. The molecule has 1 amide bonds. The van der Waals surface area contributed by atoms with Crippen LogP contribution in [0.25, 0.3) is 0 Å². The lowest BCUT2D eigenvalue weighted by molar-refractivity contribution is -0.133. The van der Waals surface area contributed by atoms with Crippen molar-refractivity contribution in [3.8, 4) is 0 Å². The van der Waals surface area contributed by atoms with E-state index < -0.39 is 0 Å². The summed E-state index contributed by atoms with van der Waals surface area (Å²) in [5, 5.41) is 0. The van der Waals surface area contributed by atoms with E-state index in [0.29, 0.717) is 18.9 Å². The van der Waals surface area contributed by atoms with Crippen LogP contribution in [-0.4, -0.2) is 33.4 Å². The lowest BCUT2D eigenvalue weighted by atomic mass is 9.82. The highest BCUT2D eigenvalue weighted by atomic mass is 16.2. The lowest BCUT2D eigenvalue weighted by Gasteiger charge is -2.32. The molecule has 1 saturated carbocycles. The molecule has 0 spiro atoms. The maximum absolute atomic E-state index is 12.4. The Morgan fingerprint density at radius 2 is 2.25 bits per heavy atom. The fourth-order valence-electron chi connectivity index (χ4n) is 3.31. The fraction of sp³-hybridized carbons (Fsp3) is 0.667. The Balaban J connectivity index is 1.61. The van der Waals surface area contributed by atoms with Gasteiger partial charge in [0.2, 0.25) is 5.91 Å². The molecule has 5 heteroatoms. The number of rotatable bonds is 2. The van der Waals surface area contributed by atoms with Crippen molar-refractivity contribution >= 4 is 5.91 Å². The molecule has 1 aromatic heterocycles. The first kappa shape index (κ1) is 13.5. The normalized spacial score (nSPS) is 26.1. The van der Waals surface area contributed by atoms with Crippen LogP contribution in [0, 0.1) is 5.92 Å². The summed E-state index contributed by atoms with van der Waals surface area (Å²) in [5.74, 6) is 0.597. The molecule has 1 fully saturated rings. The number of amides is 1. The van der Waals surface area contributed by atoms with Crippen LogP contribution in [0.15, 0.2) is 12.5 Å². The number of nitrogens with two attached hydrogens (primary N) is 1. The third-order valence-electron chi connectivity index (χ3n) is 4.63. The van der Waals surface area contributed by atoms with E-state index in [9.17, 15) is 4.79 Å². The Hall–Kier alpha value is -1.49. The molecule has 108 valence electrons. The second-order valence-corrected chi connectivity index (χ2v) is 5.97. The maximum Gasteiger partial charge on any atom is 0.223 e. The summed E-state index contributed by atoms with van der Waals surface area (Å²) in [4.78, 5) is 22.7. The summed E-state index contributed by atoms with van der Waals surface area (Å²) >= 11 is 0. The molecule has 1 aliphatic carbocycles. The molecule has 0 saturated heterocycles. The summed E-state index contributed by atoms with van der Waals surface area (Å²) in [6, 6.07) is 0.201. The van der Waals surface area contributed by atoms with Crippen molar-refractivity contribution in [3.05, 3.63) is 23.8 Å². The topological polar surface area (TPSA) is 72.1 Å². The molecule has 2 heterocycles. The second-order valence-electron chi connectivity index (χ2n) is 5.97. The van der Waals surface area contributed by atoms with E-state index in [0.717, 1.165) is 31.5 Å².